The second-order valence-corrected chi connectivity index (χ2v) is 8.67. The summed E-state index contributed by atoms with van der Waals surface area (Å²) in [5.74, 6) is -3.42. The molecule has 5 rings (SSSR count). The van der Waals surface area contributed by atoms with Gasteiger partial charge in [0.25, 0.3) is 5.78 Å². The minimum atomic E-state index is -1.24. The maximum atomic E-state index is 14.9. The van der Waals surface area contributed by atoms with E-state index in [2.05, 4.69) is 4.98 Å². The maximum absolute atomic E-state index is 14.9. The van der Waals surface area contributed by atoms with Crippen LogP contribution in [0.2, 0.25) is 0 Å². The molecule has 1 N–H and O–H groups in total. The lowest BCUT2D eigenvalue weighted by Crippen LogP contribution is -2.29. The molecule has 164 valence electrons. The molecule has 1 saturated heterocycles. The number of carbonyl (C=O) groups excluding carboxylic acids is 2. The van der Waals surface area contributed by atoms with Gasteiger partial charge in [-0.15, -0.1) is 0 Å². The second kappa shape index (κ2) is 7.90. The summed E-state index contributed by atoms with van der Waals surface area (Å²) in [5, 5.41) is 11.2. The Morgan fingerprint density at radius 3 is 2.48 bits per heavy atom. The average Bonchev–Trinajstić information content (AvgIpc) is 3.32. The first-order chi connectivity index (χ1) is 15.8. The number of benzene rings is 3. The van der Waals surface area contributed by atoms with Gasteiger partial charge in [-0.05, 0) is 31.2 Å². The van der Waals surface area contributed by atoms with Gasteiger partial charge < -0.3 is 5.11 Å². The van der Waals surface area contributed by atoms with Crippen LogP contribution in [0.1, 0.15) is 22.7 Å². The number of Topliss-reactive ketones (excluding diaryl/α,β-unsaturated/α-hetero) is 1. The third kappa shape index (κ3) is 3.48. The number of aliphatic hydroxyl groups excluding tert-OH is 1. The van der Waals surface area contributed by atoms with Gasteiger partial charge in [0.1, 0.15) is 23.4 Å². The van der Waals surface area contributed by atoms with E-state index in [0.717, 1.165) is 21.8 Å². The fourth-order valence-corrected chi connectivity index (χ4v) is 4.89. The van der Waals surface area contributed by atoms with E-state index in [4.69, 9.17) is 0 Å². The fraction of sp³-hybridized carbons (Fsp3) is 0.0800. The first kappa shape index (κ1) is 21.0. The zero-order valence-electron chi connectivity index (χ0n) is 17.3. The highest BCUT2D eigenvalue weighted by atomic mass is 32.1. The van der Waals surface area contributed by atoms with Gasteiger partial charge in [-0.25, -0.2) is 13.8 Å². The molecule has 1 unspecified atom stereocenters. The van der Waals surface area contributed by atoms with Gasteiger partial charge in [0.15, 0.2) is 5.13 Å². The van der Waals surface area contributed by atoms with E-state index in [1.165, 1.54) is 36.4 Å². The molecular formula is C25H16F2N2O3S. The fourth-order valence-electron chi connectivity index (χ4n) is 3.88. The van der Waals surface area contributed by atoms with Gasteiger partial charge in [-0.2, -0.15) is 0 Å². The van der Waals surface area contributed by atoms with Crippen LogP contribution >= 0.6 is 11.3 Å². The number of hydrogen-bond donors (Lipinski definition) is 1. The zero-order valence-corrected chi connectivity index (χ0v) is 18.1. The zero-order chi connectivity index (χ0) is 23.3. The largest absolute Gasteiger partial charge is 0.507 e. The summed E-state index contributed by atoms with van der Waals surface area (Å²) in [6.45, 7) is 1.87. The summed E-state index contributed by atoms with van der Waals surface area (Å²) < 4.78 is 29.1. The van der Waals surface area contributed by atoms with Crippen LogP contribution in [0.4, 0.5) is 13.9 Å². The van der Waals surface area contributed by atoms with Crippen molar-refractivity contribution in [2.75, 3.05) is 4.90 Å². The van der Waals surface area contributed by atoms with E-state index in [-0.39, 0.29) is 16.3 Å². The number of fused-ring (bicyclic) bond motifs is 1. The first-order valence-corrected chi connectivity index (χ1v) is 10.9. The van der Waals surface area contributed by atoms with Gasteiger partial charge in [0.05, 0.1) is 15.8 Å². The Labute approximate surface area is 191 Å². The number of aliphatic hydroxyl groups is 1. The molecule has 3 aromatic carbocycles. The van der Waals surface area contributed by atoms with E-state index in [0.29, 0.717) is 15.8 Å². The van der Waals surface area contributed by atoms with Crippen molar-refractivity contribution in [3.63, 3.8) is 0 Å². The molecule has 33 heavy (non-hydrogen) atoms. The summed E-state index contributed by atoms with van der Waals surface area (Å²) in [4.78, 5) is 31.7. The Balaban J connectivity index is 1.75. The summed E-state index contributed by atoms with van der Waals surface area (Å²) in [5.41, 5.74) is 1.50. The average molecular weight is 462 g/mol. The van der Waals surface area contributed by atoms with Crippen LogP contribution in [0, 0.1) is 18.6 Å². The molecular weight excluding hydrogens is 446 g/mol. The van der Waals surface area contributed by atoms with Gasteiger partial charge in [0, 0.05) is 11.1 Å². The quantitative estimate of drug-likeness (QED) is 0.248. The lowest BCUT2D eigenvalue weighted by Gasteiger charge is -2.23. The number of hydrogen-bond acceptors (Lipinski definition) is 5. The number of rotatable bonds is 3. The topological polar surface area (TPSA) is 70.5 Å². The molecule has 8 heteroatoms. The van der Waals surface area contributed by atoms with E-state index < -0.39 is 35.1 Å². The van der Waals surface area contributed by atoms with Crippen molar-refractivity contribution in [2.24, 2.45) is 0 Å². The van der Waals surface area contributed by atoms with E-state index in [1.807, 2.05) is 6.92 Å². The molecule has 1 aliphatic rings. The van der Waals surface area contributed by atoms with E-state index in [1.54, 1.807) is 30.3 Å². The lowest BCUT2D eigenvalue weighted by molar-refractivity contribution is -0.132. The van der Waals surface area contributed by atoms with Crippen LogP contribution in [0.15, 0.2) is 72.3 Å². The monoisotopic (exact) mass is 462 g/mol. The minimum Gasteiger partial charge on any atom is -0.507 e. The smallest absolute Gasteiger partial charge is 0.301 e. The standard InChI is InChI=1S/C25H16F2N2O3S/c1-13-6-8-14(9-7-13)22(30)20-21(16-4-2-3-5-17(16)27)29(24(32)23(20)31)25-28-18-11-10-15(26)12-19(18)33-25/h2-12,21,30H,1H3/b22-20+. The number of amides is 1. The normalized spacial score (nSPS) is 17.8. The van der Waals surface area contributed by atoms with Crippen molar-refractivity contribution in [3.05, 3.63) is 101 Å². The van der Waals surface area contributed by atoms with Crippen LogP contribution in [0.25, 0.3) is 16.0 Å². The Bertz CT molecular complexity index is 1460. The van der Waals surface area contributed by atoms with E-state index in [9.17, 15) is 23.5 Å². The third-order valence-corrected chi connectivity index (χ3v) is 6.53. The predicted octanol–water partition coefficient (Wildman–Crippen LogP) is 5.51. The molecule has 4 aromatic rings. The summed E-state index contributed by atoms with van der Waals surface area (Å²) in [6, 6.07) is 15.2. The number of carbonyl (C=O) groups is 2. The van der Waals surface area contributed by atoms with Gasteiger partial charge in [-0.1, -0.05) is 59.4 Å². The highest BCUT2D eigenvalue weighted by Gasteiger charge is 2.49. The number of halogens is 2. The van der Waals surface area contributed by atoms with E-state index >= 15 is 0 Å². The molecule has 1 aliphatic heterocycles. The molecule has 0 saturated carbocycles. The van der Waals surface area contributed by atoms with Gasteiger partial charge in [-0.3, -0.25) is 14.5 Å². The molecule has 0 aliphatic carbocycles. The van der Waals surface area contributed by atoms with Crippen molar-refractivity contribution in [3.8, 4) is 0 Å². The van der Waals surface area contributed by atoms with Crippen molar-refractivity contribution in [1.82, 2.24) is 4.98 Å². The molecule has 1 aromatic heterocycles. The molecule has 0 spiro atoms. The summed E-state index contributed by atoms with van der Waals surface area (Å²) in [6.07, 6.45) is 0. The second-order valence-electron chi connectivity index (χ2n) is 7.67. The number of aryl methyl sites for hydroxylation is 1. The van der Waals surface area contributed by atoms with Gasteiger partial charge >= 0.3 is 5.91 Å². The van der Waals surface area contributed by atoms with Crippen molar-refractivity contribution in [2.45, 2.75) is 13.0 Å². The molecule has 1 atom stereocenters. The van der Waals surface area contributed by atoms with Crippen LogP contribution in [0.5, 0.6) is 0 Å². The Morgan fingerprint density at radius 1 is 1.03 bits per heavy atom. The summed E-state index contributed by atoms with van der Waals surface area (Å²) >= 11 is 1.01. The van der Waals surface area contributed by atoms with Crippen LogP contribution in [-0.4, -0.2) is 21.8 Å². The number of nitrogens with zero attached hydrogens (tertiary/aromatic N) is 2. The SMILES string of the molecule is Cc1ccc(/C(O)=C2\C(=O)C(=O)N(c3nc4ccc(F)cc4s3)C2c2ccccc2F)cc1. The minimum absolute atomic E-state index is 0.0378. The van der Waals surface area contributed by atoms with Crippen molar-refractivity contribution >= 4 is 44.1 Å². The highest BCUT2D eigenvalue weighted by Crippen LogP contribution is 2.44. The summed E-state index contributed by atoms with van der Waals surface area (Å²) in [7, 11) is 0. The number of thiazole rings is 1. The molecule has 1 fully saturated rings. The lowest BCUT2D eigenvalue weighted by atomic mass is 9.95. The maximum Gasteiger partial charge on any atom is 0.301 e. The predicted molar refractivity (Wildman–Crippen MR) is 122 cm³/mol. The number of anilines is 1. The van der Waals surface area contributed by atoms with Gasteiger partial charge in [0.2, 0.25) is 0 Å². The Hall–Kier alpha value is -3.91. The van der Waals surface area contributed by atoms with Crippen LogP contribution in [0.3, 0.4) is 0 Å². The molecule has 0 bridgehead atoms. The van der Waals surface area contributed by atoms with Crippen LogP contribution in [-0.2, 0) is 9.59 Å². The number of aromatic nitrogens is 1. The Morgan fingerprint density at radius 2 is 1.76 bits per heavy atom. The molecule has 5 nitrogen and oxygen atoms in total. The van der Waals surface area contributed by atoms with Crippen LogP contribution < -0.4 is 4.90 Å². The van der Waals surface area contributed by atoms with Crippen molar-refractivity contribution < 1.29 is 23.5 Å². The molecule has 2 heterocycles. The highest BCUT2D eigenvalue weighted by molar-refractivity contribution is 7.22. The molecule has 0 radical (unpaired) electrons. The first-order valence-electron chi connectivity index (χ1n) is 10.0. The molecule has 1 amide bonds. The Kier molecular flexibility index (Phi) is 5.02. The number of ketones is 1. The third-order valence-electron chi connectivity index (χ3n) is 5.51. The van der Waals surface area contributed by atoms with Crippen molar-refractivity contribution in [1.29, 1.82) is 0 Å².